The topological polar surface area (TPSA) is 58.2 Å². The molecule has 122 valence electrons. The van der Waals surface area contributed by atoms with Crippen molar-refractivity contribution in [2.24, 2.45) is 0 Å². The van der Waals surface area contributed by atoms with Crippen molar-refractivity contribution in [1.29, 1.82) is 0 Å². The van der Waals surface area contributed by atoms with Gasteiger partial charge in [-0.05, 0) is 54.8 Å². The SMILES string of the molecule is O=C(/C=C/c1ccc(C(=O)NC2CC2)cc1)Nc1cccc(F)c1. The van der Waals surface area contributed by atoms with Gasteiger partial charge in [0.15, 0.2) is 0 Å². The minimum absolute atomic E-state index is 0.0723. The van der Waals surface area contributed by atoms with Crippen molar-refractivity contribution in [3.05, 3.63) is 71.6 Å². The molecule has 1 saturated carbocycles. The summed E-state index contributed by atoms with van der Waals surface area (Å²) in [6.45, 7) is 0. The first kappa shape index (κ1) is 15.9. The number of carbonyl (C=O) groups excluding carboxylic acids is 2. The number of nitrogens with one attached hydrogen (secondary N) is 2. The molecule has 2 N–H and O–H groups in total. The fourth-order valence-corrected chi connectivity index (χ4v) is 2.16. The molecule has 1 fully saturated rings. The molecule has 1 aliphatic rings. The van der Waals surface area contributed by atoms with Crippen molar-refractivity contribution in [3.63, 3.8) is 0 Å². The number of halogens is 1. The van der Waals surface area contributed by atoms with Gasteiger partial charge in [0.25, 0.3) is 5.91 Å². The van der Waals surface area contributed by atoms with Crippen LogP contribution in [0.15, 0.2) is 54.6 Å². The third-order valence-electron chi connectivity index (χ3n) is 3.60. The van der Waals surface area contributed by atoms with Gasteiger partial charge in [0.2, 0.25) is 5.91 Å². The highest BCUT2D eigenvalue weighted by molar-refractivity contribution is 6.02. The van der Waals surface area contributed by atoms with E-state index in [4.69, 9.17) is 0 Å². The number of rotatable bonds is 5. The summed E-state index contributed by atoms with van der Waals surface area (Å²) in [6, 6.07) is 13.0. The molecule has 0 radical (unpaired) electrons. The maximum Gasteiger partial charge on any atom is 0.251 e. The van der Waals surface area contributed by atoms with Gasteiger partial charge in [-0.25, -0.2) is 4.39 Å². The van der Waals surface area contributed by atoms with Crippen LogP contribution in [0.3, 0.4) is 0 Å². The lowest BCUT2D eigenvalue weighted by Crippen LogP contribution is -2.25. The fourth-order valence-electron chi connectivity index (χ4n) is 2.16. The first-order chi connectivity index (χ1) is 11.6. The molecule has 2 amide bonds. The quantitative estimate of drug-likeness (QED) is 0.829. The average molecular weight is 324 g/mol. The van der Waals surface area contributed by atoms with E-state index >= 15 is 0 Å². The molecule has 5 heteroatoms. The lowest BCUT2D eigenvalue weighted by Gasteiger charge is -2.03. The zero-order valence-corrected chi connectivity index (χ0v) is 13.0. The zero-order chi connectivity index (χ0) is 16.9. The van der Waals surface area contributed by atoms with Crippen LogP contribution in [-0.2, 0) is 4.79 Å². The van der Waals surface area contributed by atoms with E-state index in [-0.39, 0.29) is 11.8 Å². The Bertz CT molecular complexity index is 780. The molecular formula is C19H17FN2O2. The van der Waals surface area contributed by atoms with Crippen LogP contribution >= 0.6 is 0 Å². The Balaban J connectivity index is 1.57. The monoisotopic (exact) mass is 324 g/mol. The molecule has 2 aromatic rings. The minimum atomic E-state index is -0.406. The molecule has 0 bridgehead atoms. The van der Waals surface area contributed by atoms with E-state index in [1.807, 2.05) is 0 Å². The molecule has 0 aliphatic heterocycles. The molecule has 0 spiro atoms. The minimum Gasteiger partial charge on any atom is -0.349 e. The second-order valence-corrected chi connectivity index (χ2v) is 5.70. The van der Waals surface area contributed by atoms with E-state index in [9.17, 15) is 14.0 Å². The van der Waals surface area contributed by atoms with Gasteiger partial charge in [0.05, 0.1) is 0 Å². The summed E-state index contributed by atoms with van der Waals surface area (Å²) in [7, 11) is 0. The molecule has 0 aromatic heterocycles. The third kappa shape index (κ3) is 4.52. The van der Waals surface area contributed by atoms with Gasteiger partial charge in [-0.15, -0.1) is 0 Å². The second-order valence-electron chi connectivity index (χ2n) is 5.70. The summed E-state index contributed by atoms with van der Waals surface area (Å²) >= 11 is 0. The average Bonchev–Trinajstić information content (AvgIpc) is 3.37. The van der Waals surface area contributed by atoms with Crippen molar-refractivity contribution >= 4 is 23.6 Å². The van der Waals surface area contributed by atoms with Crippen LogP contribution in [0.5, 0.6) is 0 Å². The Morgan fingerprint density at radius 1 is 1.08 bits per heavy atom. The van der Waals surface area contributed by atoms with Gasteiger partial charge in [-0.1, -0.05) is 18.2 Å². The van der Waals surface area contributed by atoms with Crippen LogP contribution in [0, 0.1) is 5.82 Å². The van der Waals surface area contributed by atoms with Crippen molar-refractivity contribution in [2.75, 3.05) is 5.32 Å². The molecule has 0 unspecified atom stereocenters. The highest BCUT2D eigenvalue weighted by atomic mass is 19.1. The largest absolute Gasteiger partial charge is 0.349 e. The van der Waals surface area contributed by atoms with Crippen molar-refractivity contribution < 1.29 is 14.0 Å². The Morgan fingerprint density at radius 2 is 1.83 bits per heavy atom. The fraction of sp³-hybridized carbons (Fsp3) is 0.158. The summed E-state index contributed by atoms with van der Waals surface area (Å²) in [5.41, 5.74) is 1.80. The van der Waals surface area contributed by atoms with E-state index in [1.54, 1.807) is 36.4 Å². The molecule has 3 rings (SSSR count). The zero-order valence-electron chi connectivity index (χ0n) is 13.0. The van der Waals surface area contributed by atoms with Gasteiger partial charge in [0.1, 0.15) is 5.82 Å². The number of carbonyl (C=O) groups is 2. The smallest absolute Gasteiger partial charge is 0.251 e. The predicted octanol–water partition coefficient (Wildman–Crippen LogP) is 3.37. The maximum absolute atomic E-state index is 13.1. The number of benzene rings is 2. The van der Waals surface area contributed by atoms with Crippen molar-refractivity contribution in [1.82, 2.24) is 5.32 Å². The first-order valence-corrected chi connectivity index (χ1v) is 7.76. The number of anilines is 1. The lowest BCUT2D eigenvalue weighted by molar-refractivity contribution is -0.111. The first-order valence-electron chi connectivity index (χ1n) is 7.76. The second kappa shape index (κ2) is 7.08. The summed E-state index contributed by atoms with van der Waals surface area (Å²) in [6.07, 6.45) is 5.10. The Morgan fingerprint density at radius 3 is 2.50 bits per heavy atom. The van der Waals surface area contributed by atoms with E-state index in [1.165, 1.54) is 24.3 Å². The molecule has 0 heterocycles. The van der Waals surface area contributed by atoms with E-state index in [0.29, 0.717) is 17.3 Å². The van der Waals surface area contributed by atoms with E-state index in [0.717, 1.165) is 18.4 Å². The van der Waals surface area contributed by atoms with Gasteiger partial charge in [0, 0.05) is 23.4 Å². The van der Waals surface area contributed by atoms with Crippen LogP contribution in [0.25, 0.3) is 6.08 Å². The molecule has 2 aromatic carbocycles. The summed E-state index contributed by atoms with van der Waals surface area (Å²) < 4.78 is 13.1. The summed E-state index contributed by atoms with van der Waals surface area (Å²) in [5, 5.41) is 5.50. The highest BCUT2D eigenvalue weighted by Crippen LogP contribution is 2.19. The van der Waals surface area contributed by atoms with Gasteiger partial charge in [-0.3, -0.25) is 9.59 Å². The molecule has 1 aliphatic carbocycles. The third-order valence-corrected chi connectivity index (χ3v) is 3.60. The Labute approximate surface area is 139 Å². The molecule has 0 atom stereocenters. The molecule has 0 saturated heterocycles. The Kier molecular flexibility index (Phi) is 4.70. The number of hydrogen-bond donors (Lipinski definition) is 2. The number of amides is 2. The van der Waals surface area contributed by atoms with E-state index < -0.39 is 5.82 Å². The Hall–Kier alpha value is -2.95. The highest BCUT2D eigenvalue weighted by Gasteiger charge is 2.23. The maximum atomic E-state index is 13.1. The molecular weight excluding hydrogens is 307 g/mol. The number of hydrogen-bond acceptors (Lipinski definition) is 2. The normalized spacial score (nSPS) is 13.7. The van der Waals surface area contributed by atoms with Crippen molar-refractivity contribution in [2.45, 2.75) is 18.9 Å². The lowest BCUT2D eigenvalue weighted by atomic mass is 10.1. The van der Waals surface area contributed by atoms with Crippen LogP contribution in [0.4, 0.5) is 10.1 Å². The van der Waals surface area contributed by atoms with Crippen LogP contribution in [-0.4, -0.2) is 17.9 Å². The predicted molar refractivity (Wildman–Crippen MR) is 91.0 cm³/mol. The summed E-state index contributed by atoms with van der Waals surface area (Å²) in [5.74, 6) is -0.829. The van der Waals surface area contributed by atoms with Crippen LogP contribution in [0.1, 0.15) is 28.8 Å². The van der Waals surface area contributed by atoms with Gasteiger partial charge < -0.3 is 10.6 Å². The van der Waals surface area contributed by atoms with Gasteiger partial charge >= 0.3 is 0 Å². The van der Waals surface area contributed by atoms with Crippen LogP contribution < -0.4 is 10.6 Å². The standard InChI is InChI=1S/C19H17FN2O2/c20-15-2-1-3-17(12-15)21-18(23)11-6-13-4-7-14(8-5-13)19(24)22-16-9-10-16/h1-8,11-12,16H,9-10H2,(H,21,23)(H,22,24)/b11-6+. The molecule has 4 nitrogen and oxygen atoms in total. The van der Waals surface area contributed by atoms with E-state index in [2.05, 4.69) is 10.6 Å². The molecule has 24 heavy (non-hydrogen) atoms. The summed E-state index contributed by atoms with van der Waals surface area (Å²) in [4.78, 5) is 23.7. The van der Waals surface area contributed by atoms with Gasteiger partial charge in [-0.2, -0.15) is 0 Å². The van der Waals surface area contributed by atoms with Crippen molar-refractivity contribution in [3.8, 4) is 0 Å². The van der Waals surface area contributed by atoms with Crippen LogP contribution in [0.2, 0.25) is 0 Å².